The number of nitrogens with zero attached hydrogens (tertiary/aromatic N) is 5. The third-order valence-electron chi connectivity index (χ3n) is 7.96. The van der Waals surface area contributed by atoms with Crippen molar-refractivity contribution in [3.05, 3.63) is 100 Å². The van der Waals surface area contributed by atoms with Gasteiger partial charge in [0, 0.05) is 73.3 Å². The molecule has 11 nitrogen and oxygen atoms in total. The Morgan fingerprint density at radius 1 is 0.771 bits per heavy atom. The first-order valence-electron chi connectivity index (χ1n) is 15.4. The van der Waals surface area contributed by atoms with E-state index in [-0.39, 0.29) is 11.9 Å². The summed E-state index contributed by atoms with van der Waals surface area (Å²) in [5, 5.41) is 10.6. The molecule has 246 valence electrons. The summed E-state index contributed by atoms with van der Waals surface area (Å²) in [5.41, 5.74) is 6.33. The average molecular weight is 686 g/mol. The lowest BCUT2D eigenvalue weighted by Gasteiger charge is -2.15. The molecule has 0 unspecified atom stereocenters. The third kappa shape index (κ3) is 7.55. The van der Waals surface area contributed by atoms with Crippen LogP contribution in [0.1, 0.15) is 29.8 Å². The first-order valence-corrected chi connectivity index (χ1v) is 16.2. The quantitative estimate of drug-likeness (QED) is 0.143. The van der Waals surface area contributed by atoms with Crippen molar-refractivity contribution in [3.8, 4) is 45.4 Å². The molecule has 3 N–H and O–H groups in total. The Bertz CT molecular complexity index is 1910. The number of pyridine rings is 1. The Labute approximate surface area is 288 Å². The standard InChI is InChI=1S/C35H34Cl2N8O3/c1-47-34-29(17-39-15-21-6-5-13-38-14-21)41-19-27(44-34)25-9-3-7-23(32(25)36)24-8-4-10-26(33(24)37)28-20-42-30(35(45-28)48-2)18-40-16-22-11-12-31(46)43-22/h3-10,13-14,19-20,22,39-40H,11-12,15-18H2,1-2H3,(H,43,46)/t22-/m0/s1. The van der Waals surface area contributed by atoms with Crippen molar-refractivity contribution in [2.45, 2.75) is 38.5 Å². The summed E-state index contributed by atoms with van der Waals surface area (Å²) in [4.78, 5) is 34.3. The summed E-state index contributed by atoms with van der Waals surface area (Å²) < 4.78 is 11.2. The molecule has 0 aliphatic carbocycles. The number of hydrogen-bond donors (Lipinski definition) is 3. The Hall–Kier alpha value is -4.68. The second kappa shape index (κ2) is 15.5. The first-order chi connectivity index (χ1) is 23.4. The van der Waals surface area contributed by atoms with Crippen LogP contribution in [0.4, 0.5) is 0 Å². The van der Waals surface area contributed by atoms with Crippen LogP contribution in [0.15, 0.2) is 73.3 Å². The smallest absolute Gasteiger partial charge is 0.237 e. The lowest BCUT2D eigenvalue weighted by atomic mass is 9.98. The topological polar surface area (TPSA) is 136 Å². The minimum absolute atomic E-state index is 0.0834. The molecule has 0 radical (unpaired) electrons. The Morgan fingerprint density at radius 3 is 1.88 bits per heavy atom. The van der Waals surface area contributed by atoms with Gasteiger partial charge in [-0.15, -0.1) is 0 Å². The molecular formula is C35H34Cl2N8O3. The van der Waals surface area contributed by atoms with E-state index in [9.17, 15) is 4.79 Å². The predicted molar refractivity (Wildman–Crippen MR) is 185 cm³/mol. The van der Waals surface area contributed by atoms with Crippen molar-refractivity contribution in [2.24, 2.45) is 0 Å². The molecule has 1 fully saturated rings. The summed E-state index contributed by atoms with van der Waals surface area (Å²) in [6.45, 7) is 2.18. The molecule has 1 amide bonds. The van der Waals surface area contributed by atoms with Gasteiger partial charge in [-0.2, -0.15) is 0 Å². The highest BCUT2D eigenvalue weighted by Crippen LogP contribution is 2.42. The molecule has 5 aromatic rings. The van der Waals surface area contributed by atoms with Crippen LogP contribution in [0.2, 0.25) is 10.0 Å². The van der Waals surface area contributed by atoms with Crippen LogP contribution in [0.25, 0.3) is 33.6 Å². The second-order valence-corrected chi connectivity index (χ2v) is 11.9. The maximum atomic E-state index is 11.5. The van der Waals surface area contributed by atoms with E-state index in [1.807, 2.05) is 54.7 Å². The zero-order valence-corrected chi connectivity index (χ0v) is 28.0. The van der Waals surface area contributed by atoms with Gasteiger partial charge in [-0.05, 0) is 18.1 Å². The van der Waals surface area contributed by atoms with Crippen LogP contribution in [0.3, 0.4) is 0 Å². The normalized spacial score (nSPS) is 14.2. The van der Waals surface area contributed by atoms with Gasteiger partial charge in [0.1, 0.15) is 11.4 Å². The summed E-state index contributed by atoms with van der Waals surface area (Å²) in [5.74, 6) is 0.879. The molecule has 4 heterocycles. The van der Waals surface area contributed by atoms with Crippen molar-refractivity contribution in [1.82, 2.24) is 40.9 Å². The van der Waals surface area contributed by atoms with E-state index >= 15 is 0 Å². The first kappa shape index (κ1) is 33.2. The average Bonchev–Trinajstić information content (AvgIpc) is 3.54. The summed E-state index contributed by atoms with van der Waals surface area (Å²) in [6, 6.07) is 15.4. The zero-order chi connectivity index (χ0) is 33.5. The number of nitrogens with one attached hydrogen (secondary N) is 3. The molecule has 0 spiro atoms. The fourth-order valence-electron chi connectivity index (χ4n) is 5.52. The molecule has 1 aliphatic rings. The van der Waals surface area contributed by atoms with Crippen molar-refractivity contribution in [1.29, 1.82) is 0 Å². The summed E-state index contributed by atoms with van der Waals surface area (Å²) in [7, 11) is 3.13. The molecule has 3 aromatic heterocycles. The minimum Gasteiger partial charge on any atom is -0.480 e. The van der Waals surface area contributed by atoms with Gasteiger partial charge in [0.2, 0.25) is 17.7 Å². The van der Waals surface area contributed by atoms with Crippen LogP contribution < -0.4 is 25.4 Å². The van der Waals surface area contributed by atoms with Crippen molar-refractivity contribution >= 4 is 29.1 Å². The number of methoxy groups -OCH3 is 2. The molecule has 0 saturated carbocycles. The molecule has 1 saturated heterocycles. The van der Waals surface area contributed by atoms with E-state index in [1.54, 1.807) is 32.8 Å². The molecular weight excluding hydrogens is 651 g/mol. The number of carbonyl (C=O) groups excluding carboxylic acids is 1. The van der Waals surface area contributed by atoms with E-state index in [4.69, 9.17) is 42.6 Å². The lowest BCUT2D eigenvalue weighted by molar-refractivity contribution is -0.119. The Kier molecular flexibility index (Phi) is 10.7. The van der Waals surface area contributed by atoms with Gasteiger partial charge in [-0.3, -0.25) is 19.7 Å². The monoisotopic (exact) mass is 684 g/mol. The molecule has 1 aliphatic heterocycles. The second-order valence-electron chi connectivity index (χ2n) is 11.2. The van der Waals surface area contributed by atoms with Gasteiger partial charge in [0.15, 0.2) is 0 Å². The number of aromatic nitrogens is 5. The largest absolute Gasteiger partial charge is 0.480 e. The van der Waals surface area contributed by atoms with E-state index in [0.717, 1.165) is 23.1 Å². The number of benzene rings is 2. The molecule has 1 atom stereocenters. The number of rotatable bonds is 13. The minimum atomic E-state index is 0.0834. The van der Waals surface area contributed by atoms with E-state index in [2.05, 4.69) is 30.9 Å². The maximum absolute atomic E-state index is 11.5. The number of carbonyl (C=O) groups is 1. The van der Waals surface area contributed by atoms with Gasteiger partial charge in [-0.1, -0.05) is 65.7 Å². The SMILES string of the molecule is COc1nc(-c2cccc(-c3cccc(-c4cnc(CNC[C@@H]5CCC(=O)N5)c(OC)n4)c3Cl)c2Cl)cnc1CNCc1cccnc1. The fraction of sp³-hybridized carbons (Fsp3) is 0.257. The fourth-order valence-corrected chi connectivity index (χ4v) is 6.17. The van der Waals surface area contributed by atoms with Gasteiger partial charge in [0.05, 0.1) is 48.0 Å². The number of ether oxygens (including phenoxy) is 2. The molecule has 48 heavy (non-hydrogen) atoms. The van der Waals surface area contributed by atoms with E-state index < -0.39 is 0 Å². The maximum Gasteiger partial charge on any atom is 0.237 e. The highest BCUT2D eigenvalue weighted by molar-refractivity contribution is 6.39. The van der Waals surface area contributed by atoms with E-state index in [1.165, 1.54) is 0 Å². The number of hydrogen-bond acceptors (Lipinski definition) is 10. The molecule has 13 heteroatoms. The van der Waals surface area contributed by atoms with Gasteiger partial charge in [0.25, 0.3) is 0 Å². The van der Waals surface area contributed by atoms with Gasteiger partial charge in [-0.25, -0.2) is 9.97 Å². The van der Waals surface area contributed by atoms with Crippen LogP contribution in [-0.2, 0) is 24.4 Å². The number of amides is 1. The summed E-state index contributed by atoms with van der Waals surface area (Å²) in [6.07, 6.45) is 8.30. The van der Waals surface area contributed by atoms with E-state index in [0.29, 0.717) is 88.3 Å². The van der Waals surface area contributed by atoms with Crippen LogP contribution in [-0.4, -0.2) is 57.6 Å². The van der Waals surface area contributed by atoms with Crippen LogP contribution in [0, 0.1) is 0 Å². The van der Waals surface area contributed by atoms with Gasteiger partial charge < -0.3 is 25.4 Å². The van der Waals surface area contributed by atoms with Crippen LogP contribution in [0.5, 0.6) is 11.8 Å². The van der Waals surface area contributed by atoms with Crippen molar-refractivity contribution in [3.63, 3.8) is 0 Å². The molecule has 6 rings (SSSR count). The highest BCUT2D eigenvalue weighted by Gasteiger charge is 2.21. The van der Waals surface area contributed by atoms with Crippen molar-refractivity contribution in [2.75, 3.05) is 20.8 Å². The third-order valence-corrected chi connectivity index (χ3v) is 8.78. The molecule has 2 aromatic carbocycles. The Balaban J connectivity index is 1.21. The van der Waals surface area contributed by atoms with Crippen molar-refractivity contribution < 1.29 is 14.3 Å². The highest BCUT2D eigenvalue weighted by atomic mass is 35.5. The van der Waals surface area contributed by atoms with Crippen LogP contribution >= 0.6 is 23.2 Å². The lowest BCUT2D eigenvalue weighted by Crippen LogP contribution is -2.35. The Morgan fingerprint density at radius 2 is 1.35 bits per heavy atom. The predicted octanol–water partition coefficient (Wildman–Crippen LogP) is 5.64. The molecule has 0 bridgehead atoms. The summed E-state index contributed by atoms with van der Waals surface area (Å²) >= 11 is 14.1. The van der Waals surface area contributed by atoms with Gasteiger partial charge >= 0.3 is 0 Å². The zero-order valence-electron chi connectivity index (χ0n) is 26.5. The number of halogens is 2.